The summed E-state index contributed by atoms with van der Waals surface area (Å²) in [6.07, 6.45) is 0. The second-order valence-electron chi connectivity index (χ2n) is 7.27. The molecule has 3 N–H and O–H groups in total. The quantitative estimate of drug-likeness (QED) is 0.717. The van der Waals surface area contributed by atoms with Crippen molar-refractivity contribution in [3.8, 4) is 11.1 Å². The molecular weight excluding hydrogens is 352 g/mol. The van der Waals surface area contributed by atoms with Gasteiger partial charge in [-0.3, -0.25) is 9.59 Å². The number of hydrogen-bond donors (Lipinski definition) is 3. The summed E-state index contributed by atoms with van der Waals surface area (Å²) in [7, 11) is 0. The predicted octanol–water partition coefficient (Wildman–Crippen LogP) is 2.02. The van der Waals surface area contributed by atoms with E-state index in [2.05, 4.69) is 45.1 Å². The van der Waals surface area contributed by atoms with Crippen LogP contribution in [0.5, 0.6) is 0 Å². The lowest BCUT2D eigenvalue weighted by molar-refractivity contribution is -0.120. The van der Waals surface area contributed by atoms with Gasteiger partial charge in [0, 0.05) is 43.5 Å². The Hall–Kier alpha value is -2.86. The predicted molar refractivity (Wildman–Crippen MR) is 113 cm³/mol. The molecule has 28 heavy (non-hydrogen) atoms. The van der Waals surface area contributed by atoms with E-state index >= 15 is 0 Å². The minimum absolute atomic E-state index is 0.0223. The molecular formula is C22H28N4O2. The molecule has 0 bridgehead atoms. The van der Waals surface area contributed by atoms with E-state index in [1.165, 1.54) is 5.69 Å². The van der Waals surface area contributed by atoms with E-state index in [1.807, 2.05) is 26.0 Å². The standard InChI is InChI=1S/C22H28N4O2/c1-16(2)25-21(27)15-24-22(28)18-8-6-17(7-9-18)19-4-3-5-20(14-19)26-12-10-23-11-13-26/h3-9,14,16,23H,10-13,15H2,1-2H3,(H,24,28)(H,25,27). The first-order valence-corrected chi connectivity index (χ1v) is 9.76. The molecule has 2 aromatic rings. The van der Waals surface area contributed by atoms with Gasteiger partial charge in [0.15, 0.2) is 0 Å². The van der Waals surface area contributed by atoms with Crippen molar-refractivity contribution in [2.75, 3.05) is 37.6 Å². The summed E-state index contributed by atoms with van der Waals surface area (Å²) in [6.45, 7) is 7.77. The monoisotopic (exact) mass is 380 g/mol. The SMILES string of the molecule is CC(C)NC(=O)CNC(=O)c1ccc(-c2cccc(N3CCNCC3)c2)cc1. The molecule has 0 spiro atoms. The number of piperazine rings is 1. The molecule has 2 amide bonds. The molecule has 3 rings (SSSR count). The summed E-state index contributed by atoms with van der Waals surface area (Å²) >= 11 is 0. The van der Waals surface area contributed by atoms with Gasteiger partial charge in [-0.2, -0.15) is 0 Å². The van der Waals surface area contributed by atoms with Crippen molar-refractivity contribution in [3.63, 3.8) is 0 Å². The zero-order chi connectivity index (χ0) is 19.9. The fourth-order valence-corrected chi connectivity index (χ4v) is 3.25. The zero-order valence-electron chi connectivity index (χ0n) is 16.5. The van der Waals surface area contributed by atoms with E-state index in [-0.39, 0.29) is 24.4 Å². The molecule has 0 unspecified atom stereocenters. The molecule has 0 aromatic heterocycles. The number of carbonyl (C=O) groups excluding carboxylic acids is 2. The Morgan fingerprint density at radius 3 is 2.43 bits per heavy atom. The molecule has 1 aliphatic rings. The highest BCUT2D eigenvalue weighted by atomic mass is 16.2. The van der Waals surface area contributed by atoms with Crippen molar-refractivity contribution < 1.29 is 9.59 Å². The number of nitrogens with zero attached hydrogens (tertiary/aromatic N) is 1. The third kappa shape index (κ3) is 5.33. The first-order chi connectivity index (χ1) is 13.5. The van der Waals surface area contributed by atoms with Crippen molar-refractivity contribution in [1.29, 1.82) is 0 Å². The number of amides is 2. The van der Waals surface area contributed by atoms with Crippen molar-refractivity contribution in [2.45, 2.75) is 19.9 Å². The molecule has 148 valence electrons. The van der Waals surface area contributed by atoms with Crippen molar-refractivity contribution >= 4 is 17.5 Å². The van der Waals surface area contributed by atoms with Crippen LogP contribution in [0.2, 0.25) is 0 Å². The third-order valence-electron chi connectivity index (χ3n) is 4.67. The van der Waals surface area contributed by atoms with Crippen LogP contribution in [0.15, 0.2) is 48.5 Å². The summed E-state index contributed by atoms with van der Waals surface area (Å²) < 4.78 is 0. The van der Waals surface area contributed by atoms with Gasteiger partial charge in [-0.05, 0) is 49.2 Å². The molecule has 6 heteroatoms. The van der Waals surface area contributed by atoms with E-state index in [4.69, 9.17) is 0 Å². The lowest BCUT2D eigenvalue weighted by atomic mass is 10.0. The van der Waals surface area contributed by atoms with Gasteiger partial charge in [-0.25, -0.2) is 0 Å². The molecule has 1 fully saturated rings. The minimum atomic E-state index is -0.250. The van der Waals surface area contributed by atoms with Crippen LogP contribution in [0.4, 0.5) is 5.69 Å². The van der Waals surface area contributed by atoms with E-state index < -0.39 is 0 Å². The molecule has 6 nitrogen and oxygen atoms in total. The topological polar surface area (TPSA) is 73.5 Å². The second-order valence-corrected chi connectivity index (χ2v) is 7.27. The molecule has 0 radical (unpaired) electrons. The Morgan fingerprint density at radius 2 is 1.75 bits per heavy atom. The first-order valence-electron chi connectivity index (χ1n) is 9.76. The van der Waals surface area contributed by atoms with Crippen molar-refractivity contribution in [1.82, 2.24) is 16.0 Å². The van der Waals surface area contributed by atoms with Crippen molar-refractivity contribution in [3.05, 3.63) is 54.1 Å². The summed E-state index contributed by atoms with van der Waals surface area (Å²) in [5, 5.41) is 8.77. The lowest BCUT2D eigenvalue weighted by Gasteiger charge is -2.29. The number of benzene rings is 2. The molecule has 0 aliphatic carbocycles. The number of nitrogens with one attached hydrogen (secondary N) is 3. The Morgan fingerprint density at radius 1 is 1.04 bits per heavy atom. The number of hydrogen-bond acceptors (Lipinski definition) is 4. The van der Waals surface area contributed by atoms with Crippen LogP contribution < -0.4 is 20.9 Å². The average Bonchev–Trinajstić information content (AvgIpc) is 2.72. The highest BCUT2D eigenvalue weighted by molar-refractivity contribution is 5.96. The maximum atomic E-state index is 12.2. The van der Waals surface area contributed by atoms with Crippen LogP contribution in [0.1, 0.15) is 24.2 Å². The minimum Gasteiger partial charge on any atom is -0.369 e. The van der Waals surface area contributed by atoms with Crippen LogP contribution in [-0.2, 0) is 4.79 Å². The smallest absolute Gasteiger partial charge is 0.251 e. The number of carbonyl (C=O) groups is 2. The van der Waals surface area contributed by atoms with E-state index in [0.717, 1.165) is 37.3 Å². The Kier molecular flexibility index (Phi) is 6.66. The van der Waals surface area contributed by atoms with Gasteiger partial charge in [0.2, 0.25) is 5.91 Å². The molecule has 0 atom stereocenters. The van der Waals surface area contributed by atoms with Crippen molar-refractivity contribution in [2.24, 2.45) is 0 Å². The highest BCUT2D eigenvalue weighted by Gasteiger charge is 2.12. The molecule has 0 saturated carbocycles. The van der Waals surface area contributed by atoms with Gasteiger partial charge in [0.1, 0.15) is 0 Å². The Balaban J connectivity index is 1.64. The summed E-state index contributed by atoms with van der Waals surface area (Å²) in [6, 6.07) is 16.0. The van der Waals surface area contributed by atoms with Gasteiger partial charge in [0.05, 0.1) is 6.54 Å². The first kappa shape index (κ1) is 19.9. The van der Waals surface area contributed by atoms with Crippen LogP contribution in [-0.4, -0.2) is 50.6 Å². The van der Waals surface area contributed by atoms with Gasteiger partial charge >= 0.3 is 0 Å². The van der Waals surface area contributed by atoms with Gasteiger partial charge in [-0.15, -0.1) is 0 Å². The fourth-order valence-electron chi connectivity index (χ4n) is 3.25. The second kappa shape index (κ2) is 9.37. The van der Waals surface area contributed by atoms with E-state index in [9.17, 15) is 9.59 Å². The van der Waals surface area contributed by atoms with Crippen LogP contribution >= 0.6 is 0 Å². The summed E-state index contributed by atoms with van der Waals surface area (Å²) in [5.74, 6) is -0.440. The largest absolute Gasteiger partial charge is 0.369 e. The summed E-state index contributed by atoms with van der Waals surface area (Å²) in [5.41, 5.74) is 3.95. The third-order valence-corrected chi connectivity index (χ3v) is 4.67. The zero-order valence-corrected chi connectivity index (χ0v) is 16.5. The van der Waals surface area contributed by atoms with Crippen LogP contribution in [0, 0.1) is 0 Å². The number of anilines is 1. The van der Waals surface area contributed by atoms with Crippen LogP contribution in [0.3, 0.4) is 0 Å². The normalized spacial score (nSPS) is 14.0. The Bertz CT molecular complexity index is 812. The fraction of sp³-hybridized carbons (Fsp3) is 0.364. The average molecular weight is 380 g/mol. The molecule has 1 saturated heterocycles. The van der Waals surface area contributed by atoms with Gasteiger partial charge in [0.25, 0.3) is 5.91 Å². The maximum absolute atomic E-state index is 12.2. The van der Waals surface area contributed by atoms with Gasteiger partial charge in [-0.1, -0.05) is 24.3 Å². The maximum Gasteiger partial charge on any atom is 0.251 e. The van der Waals surface area contributed by atoms with E-state index in [0.29, 0.717) is 5.56 Å². The van der Waals surface area contributed by atoms with Gasteiger partial charge < -0.3 is 20.9 Å². The molecule has 1 aliphatic heterocycles. The van der Waals surface area contributed by atoms with E-state index in [1.54, 1.807) is 12.1 Å². The Labute approximate surface area is 166 Å². The lowest BCUT2D eigenvalue weighted by Crippen LogP contribution is -2.43. The molecule has 2 aromatic carbocycles. The van der Waals surface area contributed by atoms with Crippen LogP contribution in [0.25, 0.3) is 11.1 Å². The molecule has 1 heterocycles. The summed E-state index contributed by atoms with van der Waals surface area (Å²) in [4.78, 5) is 26.3. The number of rotatable bonds is 6. The highest BCUT2D eigenvalue weighted by Crippen LogP contribution is 2.25.